The number of morpholine rings is 1. The molecule has 6 heteroatoms. The Morgan fingerprint density at radius 3 is 2.83 bits per heavy atom. The Labute approximate surface area is 134 Å². The van der Waals surface area contributed by atoms with E-state index in [1.165, 1.54) is 0 Å². The van der Waals surface area contributed by atoms with Crippen LogP contribution in [0.1, 0.15) is 0 Å². The molecule has 3 rings (SSSR count). The van der Waals surface area contributed by atoms with Crippen molar-refractivity contribution in [2.24, 2.45) is 0 Å². The minimum absolute atomic E-state index is 0.0692. The van der Waals surface area contributed by atoms with Gasteiger partial charge in [-0.3, -0.25) is 9.59 Å². The highest BCUT2D eigenvalue weighted by Gasteiger charge is 2.21. The van der Waals surface area contributed by atoms with Crippen LogP contribution in [0, 0.1) is 0 Å². The fourth-order valence-corrected chi connectivity index (χ4v) is 2.55. The molecule has 2 amide bonds. The molecule has 1 unspecified atom stereocenters. The van der Waals surface area contributed by atoms with Gasteiger partial charge in [-0.05, 0) is 11.5 Å². The molecule has 2 aromatic carbocycles. The van der Waals surface area contributed by atoms with E-state index in [1.807, 2.05) is 42.5 Å². The van der Waals surface area contributed by atoms with Gasteiger partial charge in [0.05, 0.1) is 19.8 Å². The number of benzene rings is 2. The Kier molecular flexibility index (Phi) is 4.85. The van der Waals surface area contributed by atoms with Crippen molar-refractivity contribution in [3.05, 3.63) is 42.5 Å². The smallest absolute Gasteiger partial charge is 0.243 e. The summed E-state index contributed by atoms with van der Waals surface area (Å²) in [7, 11) is 0. The van der Waals surface area contributed by atoms with Gasteiger partial charge in [0, 0.05) is 17.6 Å². The molecule has 0 bridgehead atoms. The molecule has 0 spiro atoms. The van der Waals surface area contributed by atoms with Gasteiger partial charge in [-0.15, -0.1) is 0 Å². The second kappa shape index (κ2) is 7.21. The Bertz CT molecular complexity index is 706. The van der Waals surface area contributed by atoms with Gasteiger partial charge in [0.25, 0.3) is 0 Å². The monoisotopic (exact) mass is 313 g/mol. The molecule has 1 heterocycles. The van der Waals surface area contributed by atoms with Gasteiger partial charge >= 0.3 is 0 Å². The van der Waals surface area contributed by atoms with Crippen LogP contribution in [0.2, 0.25) is 0 Å². The number of carbonyl (C=O) groups excluding carboxylic acids is 2. The molecule has 23 heavy (non-hydrogen) atoms. The zero-order valence-electron chi connectivity index (χ0n) is 12.7. The Hall–Kier alpha value is -2.44. The zero-order valence-corrected chi connectivity index (χ0v) is 12.7. The molecule has 0 radical (unpaired) electrons. The number of fused-ring (bicyclic) bond motifs is 1. The summed E-state index contributed by atoms with van der Waals surface area (Å²) in [5.41, 5.74) is 0.737. The first-order valence-electron chi connectivity index (χ1n) is 7.60. The Morgan fingerprint density at radius 1 is 1.17 bits per heavy atom. The van der Waals surface area contributed by atoms with Crippen LogP contribution in [-0.4, -0.2) is 44.2 Å². The van der Waals surface area contributed by atoms with Crippen LogP contribution < -0.4 is 16.0 Å². The molecule has 0 saturated carbocycles. The van der Waals surface area contributed by atoms with Crippen LogP contribution in [-0.2, 0) is 14.3 Å². The van der Waals surface area contributed by atoms with Crippen molar-refractivity contribution in [1.82, 2.24) is 10.6 Å². The number of ether oxygens (including phenoxy) is 1. The van der Waals surface area contributed by atoms with Crippen molar-refractivity contribution in [2.45, 2.75) is 6.04 Å². The van der Waals surface area contributed by atoms with E-state index in [0.29, 0.717) is 19.8 Å². The lowest BCUT2D eigenvalue weighted by Gasteiger charge is -2.22. The van der Waals surface area contributed by atoms with E-state index in [-0.39, 0.29) is 18.4 Å². The van der Waals surface area contributed by atoms with Crippen LogP contribution in [0.15, 0.2) is 42.5 Å². The Morgan fingerprint density at radius 2 is 2.00 bits per heavy atom. The largest absolute Gasteiger partial charge is 0.378 e. The first kappa shape index (κ1) is 15.5. The highest BCUT2D eigenvalue weighted by Crippen LogP contribution is 2.22. The van der Waals surface area contributed by atoms with Crippen molar-refractivity contribution in [3.63, 3.8) is 0 Å². The average molecular weight is 313 g/mol. The van der Waals surface area contributed by atoms with Crippen LogP contribution in [0.3, 0.4) is 0 Å². The molecule has 0 aromatic heterocycles. The van der Waals surface area contributed by atoms with Crippen molar-refractivity contribution in [2.75, 3.05) is 31.6 Å². The fourth-order valence-electron chi connectivity index (χ4n) is 2.55. The fraction of sp³-hybridized carbons (Fsp3) is 0.294. The van der Waals surface area contributed by atoms with E-state index in [4.69, 9.17) is 4.74 Å². The summed E-state index contributed by atoms with van der Waals surface area (Å²) in [6, 6.07) is 13.1. The van der Waals surface area contributed by atoms with E-state index >= 15 is 0 Å². The lowest BCUT2D eigenvalue weighted by atomic mass is 10.1. The van der Waals surface area contributed by atoms with E-state index in [2.05, 4.69) is 16.0 Å². The normalized spacial score (nSPS) is 17.7. The molecule has 2 aromatic rings. The first-order valence-corrected chi connectivity index (χ1v) is 7.60. The summed E-state index contributed by atoms with van der Waals surface area (Å²) >= 11 is 0. The molecular weight excluding hydrogens is 294 g/mol. The molecule has 120 valence electrons. The molecule has 1 fully saturated rings. The molecule has 1 aliphatic rings. The van der Waals surface area contributed by atoms with E-state index in [0.717, 1.165) is 16.5 Å². The van der Waals surface area contributed by atoms with Gasteiger partial charge in [-0.1, -0.05) is 36.4 Å². The predicted octanol–water partition coefficient (Wildman–Crippen LogP) is 0.883. The third-order valence-corrected chi connectivity index (χ3v) is 3.73. The summed E-state index contributed by atoms with van der Waals surface area (Å²) in [5.74, 6) is -0.482. The minimum atomic E-state index is -0.394. The van der Waals surface area contributed by atoms with Gasteiger partial charge in [-0.25, -0.2) is 0 Å². The third kappa shape index (κ3) is 3.85. The summed E-state index contributed by atoms with van der Waals surface area (Å²) in [6.45, 7) is 1.50. The maximum absolute atomic E-state index is 12.1. The Balaban J connectivity index is 1.57. The van der Waals surface area contributed by atoms with E-state index in [9.17, 15) is 9.59 Å². The SMILES string of the molecule is O=C(CNC(=O)C1COCCN1)Nc1cccc2ccccc12. The summed E-state index contributed by atoms with van der Waals surface area (Å²) < 4.78 is 5.23. The van der Waals surface area contributed by atoms with Gasteiger partial charge in [-0.2, -0.15) is 0 Å². The van der Waals surface area contributed by atoms with Crippen molar-refractivity contribution in [3.8, 4) is 0 Å². The lowest BCUT2D eigenvalue weighted by molar-refractivity contribution is -0.128. The van der Waals surface area contributed by atoms with Crippen LogP contribution >= 0.6 is 0 Å². The van der Waals surface area contributed by atoms with Crippen LogP contribution in [0.4, 0.5) is 5.69 Å². The van der Waals surface area contributed by atoms with Crippen LogP contribution in [0.5, 0.6) is 0 Å². The van der Waals surface area contributed by atoms with Gasteiger partial charge in [0.1, 0.15) is 6.04 Å². The number of carbonyl (C=O) groups is 2. The molecule has 1 saturated heterocycles. The number of amides is 2. The van der Waals surface area contributed by atoms with Gasteiger partial charge < -0.3 is 20.7 Å². The minimum Gasteiger partial charge on any atom is -0.378 e. The summed E-state index contributed by atoms with van der Waals surface area (Å²) in [6.07, 6.45) is 0. The van der Waals surface area contributed by atoms with Crippen molar-refractivity contribution in [1.29, 1.82) is 0 Å². The van der Waals surface area contributed by atoms with Gasteiger partial charge in [0.15, 0.2) is 0 Å². The predicted molar refractivity (Wildman–Crippen MR) is 88.2 cm³/mol. The quantitative estimate of drug-likeness (QED) is 0.783. The molecule has 0 aliphatic carbocycles. The maximum atomic E-state index is 12.1. The molecule has 3 N–H and O–H groups in total. The number of hydrogen-bond acceptors (Lipinski definition) is 4. The topological polar surface area (TPSA) is 79.5 Å². The van der Waals surface area contributed by atoms with Crippen molar-refractivity contribution >= 4 is 28.3 Å². The number of rotatable bonds is 4. The molecule has 1 atom stereocenters. The average Bonchev–Trinajstić information content (AvgIpc) is 2.61. The number of hydrogen-bond donors (Lipinski definition) is 3. The summed E-state index contributed by atoms with van der Waals surface area (Å²) in [4.78, 5) is 24.0. The third-order valence-electron chi connectivity index (χ3n) is 3.73. The second-order valence-corrected chi connectivity index (χ2v) is 5.37. The zero-order chi connectivity index (χ0) is 16.1. The molecule has 6 nitrogen and oxygen atoms in total. The highest BCUT2D eigenvalue weighted by molar-refractivity contribution is 6.03. The number of nitrogens with one attached hydrogen (secondary N) is 3. The van der Waals surface area contributed by atoms with Crippen LogP contribution in [0.25, 0.3) is 10.8 Å². The van der Waals surface area contributed by atoms with E-state index in [1.54, 1.807) is 0 Å². The second-order valence-electron chi connectivity index (χ2n) is 5.37. The van der Waals surface area contributed by atoms with Gasteiger partial charge in [0.2, 0.25) is 11.8 Å². The lowest BCUT2D eigenvalue weighted by Crippen LogP contribution is -2.52. The summed E-state index contributed by atoms with van der Waals surface area (Å²) in [5, 5.41) is 10.5. The molecular formula is C17H19N3O3. The first-order chi connectivity index (χ1) is 11.2. The number of anilines is 1. The van der Waals surface area contributed by atoms with E-state index < -0.39 is 6.04 Å². The molecule has 1 aliphatic heterocycles. The maximum Gasteiger partial charge on any atom is 0.243 e. The highest BCUT2D eigenvalue weighted by atomic mass is 16.5. The van der Waals surface area contributed by atoms with Crippen molar-refractivity contribution < 1.29 is 14.3 Å². The standard InChI is InChI=1S/C17H19N3O3/c21-16(10-19-17(22)15-11-23-9-8-18-15)20-14-7-3-5-12-4-1-2-6-13(12)14/h1-7,15,18H,8-11H2,(H,19,22)(H,20,21).